The molecule has 1 saturated heterocycles. The predicted molar refractivity (Wildman–Crippen MR) is 106 cm³/mol. The Balaban J connectivity index is 1.83. The van der Waals surface area contributed by atoms with Crippen molar-refractivity contribution in [1.82, 2.24) is 4.90 Å². The highest BCUT2D eigenvalue weighted by atomic mass is 16.6. The quantitative estimate of drug-likeness (QED) is 0.759. The lowest BCUT2D eigenvalue weighted by Gasteiger charge is -2.36. The maximum Gasteiger partial charge on any atom is 0.411 e. The molecule has 1 aromatic heterocycles. The van der Waals surface area contributed by atoms with Gasteiger partial charge >= 0.3 is 12.1 Å². The van der Waals surface area contributed by atoms with Gasteiger partial charge in [-0.1, -0.05) is 24.3 Å². The molecule has 1 unspecified atom stereocenters. The molecule has 154 valence electrons. The summed E-state index contributed by atoms with van der Waals surface area (Å²) in [6.45, 7) is 5.62. The molecule has 7 nitrogen and oxygen atoms in total. The van der Waals surface area contributed by atoms with Gasteiger partial charge in [0.05, 0.1) is 0 Å². The first kappa shape index (κ1) is 20.6. The lowest BCUT2D eigenvalue weighted by atomic mass is 9.88. The van der Waals surface area contributed by atoms with Crippen LogP contribution in [0.3, 0.4) is 0 Å². The van der Waals surface area contributed by atoms with Crippen LogP contribution in [-0.2, 0) is 16.0 Å². The minimum absolute atomic E-state index is 0.180. The lowest BCUT2D eigenvalue weighted by molar-refractivity contribution is -0.149. The fourth-order valence-electron chi connectivity index (χ4n) is 3.64. The number of aldehydes is 1. The second-order valence-corrected chi connectivity index (χ2v) is 8.27. The molecule has 2 heterocycles. The summed E-state index contributed by atoms with van der Waals surface area (Å²) in [7, 11) is 0. The highest BCUT2D eigenvalue weighted by Crippen LogP contribution is 2.35. The number of hydrogen-bond acceptors (Lipinski definition) is 5. The molecule has 3 rings (SSSR count). The number of carboxylic acids is 1. The van der Waals surface area contributed by atoms with E-state index in [0.717, 1.165) is 11.1 Å². The van der Waals surface area contributed by atoms with E-state index in [1.165, 1.54) is 4.90 Å². The Labute approximate surface area is 169 Å². The van der Waals surface area contributed by atoms with Crippen molar-refractivity contribution in [1.29, 1.82) is 0 Å². The fourth-order valence-corrected chi connectivity index (χ4v) is 3.64. The molecule has 1 aliphatic rings. The van der Waals surface area contributed by atoms with E-state index in [0.29, 0.717) is 31.4 Å². The van der Waals surface area contributed by atoms with Gasteiger partial charge in [-0.3, -0.25) is 9.69 Å². The van der Waals surface area contributed by atoms with Crippen LogP contribution in [0.1, 0.15) is 49.7 Å². The minimum atomic E-state index is -1.33. The highest BCUT2D eigenvalue weighted by Gasteiger charge is 2.51. The van der Waals surface area contributed by atoms with E-state index < -0.39 is 23.2 Å². The number of carboxylic acid groups (broad SMARTS) is 1. The summed E-state index contributed by atoms with van der Waals surface area (Å²) in [4.78, 5) is 37.0. The first-order valence-corrected chi connectivity index (χ1v) is 9.53. The summed E-state index contributed by atoms with van der Waals surface area (Å²) in [6, 6.07) is 10.5. The van der Waals surface area contributed by atoms with Gasteiger partial charge < -0.3 is 14.3 Å². The monoisotopic (exact) mass is 399 g/mol. The molecule has 1 amide bonds. The Bertz CT molecular complexity index is 908. The van der Waals surface area contributed by atoms with Gasteiger partial charge in [0.2, 0.25) is 0 Å². The number of hydrogen-bond donors (Lipinski definition) is 1. The number of nitrogens with zero attached hydrogens (tertiary/aromatic N) is 1. The standard InChI is InChI=1S/C22H25NO6/c1-21(2,3)29-20(27)23-12-4-11-22(23,19(25)26)13-15-5-7-16(8-6-15)18-10-9-17(14-24)28-18/h5-10,14H,4,11-13H2,1-3H3,(H,25,26). The fraction of sp³-hybridized carbons (Fsp3) is 0.409. The van der Waals surface area contributed by atoms with Gasteiger partial charge in [0.25, 0.3) is 0 Å². The zero-order valence-electron chi connectivity index (χ0n) is 16.8. The van der Waals surface area contributed by atoms with E-state index in [2.05, 4.69) is 0 Å². The number of rotatable bonds is 5. The molecule has 29 heavy (non-hydrogen) atoms. The minimum Gasteiger partial charge on any atom is -0.479 e. The smallest absolute Gasteiger partial charge is 0.411 e. The summed E-state index contributed by atoms with van der Waals surface area (Å²) in [5, 5.41) is 10.0. The van der Waals surface area contributed by atoms with Gasteiger partial charge in [-0.15, -0.1) is 0 Å². The summed E-state index contributed by atoms with van der Waals surface area (Å²) in [6.07, 6.45) is 1.18. The first-order chi connectivity index (χ1) is 13.6. The van der Waals surface area contributed by atoms with Crippen LogP contribution in [-0.4, -0.2) is 46.0 Å². The van der Waals surface area contributed by atoms with E-state index in [4.69, 9.17) is 9.15 Å². The van der Waals surface area contributed by atoms with Gasteiger partial charge in [-0.05, 0) is 51.3 Å². The van der Waals surface area contributed by atoms with Crippen molar-refractivity contribution in [3.05, 3.63) is 47.7 Å². The molecule has 1 N–H and O–H groups in total. The van der Waals surface area contributed by atoms with Crippen LogP contribution >= 0.6 is 0 Å². The van der Waals surface area contributed by atoms with Crippen molar-refractivity contribution in [2.45, 2.75) is 51.2 Å². The molecule has 7 heteroatoms. The Hall–Kier alpha value is -3.09. The van der Waals surface area contributed by atoms with Gasteiger partial charge in [0.15, 0.2) is 12.0 Å². The largest absolute Gasteiger partial charge is 0.479 e. The molecule has 0 bridgehead atoms. The number of furan rings is 1. The normalized spacial score (nSPS) is 19.2. The van der Waals surface area contributed by atoms with E-state index in [9.17, 15) is 19.5 Å². The van der Waals surface area contributed by atoms with Crippen LogP contribution in [0.4, 0.5) is 4.79 Å². The zero-order chi connectivity index (χ0) is 21.2. The van der Waals surface area contributed by atoms with Crippen LogP contribution in [0.5, 0.6) is 0 Å². The Morgan fingerprint density at radius 1 is 1.21 bits per heavy atom. The van der Waals surface area contributed by atoms with Gasteiger partial charge in [-0.25, -0.2) is 9.59 Å². The number of ether oxygens (including phenoxy) is 1. The molecule has 0 spiro atoms. The molecule has 1 fully saturated rings. The number of carbonyl (C=O) groups excluding carboxylic acids is 2. The number of benzene rings is 1. The summed E-state index contributed by atoms with van der Waals surface area (Å²) >= 11 is 0. The molecule has 1 aliphatic heterocycles. The van der Waals surface area contributed by atoms with Gasteiger partial charge in [0, 0.05) is 18.5 Å². The van der Waals surface area contributed by atoms with Crippen LogP contribution in [0.15, 0.2) is 40.8 Å². The Morgan fingerprint density at radius 2 is 1.90 bits per heavy atom. The molecule has 1 aromatic carbocycles. The van der Waals surface area contributed by atoms with E-state index >= 15 is 0 Å². The van der Waals surface area contributed by atoms with E-state index in [-0.39, 0.29) is 12.2 Å². The van der Waals surface area contributed by atoms with Gasteiger partial charge in [-0.2, -0.15) is 0 Å². The summed E-state index contributed by atoms with van der Waals surface area (Å²) in [5.41, 5.74) is -0.468. The molecule has 0 saturated carbocycles. The molecule has 0 radical (unpaired) electrons. The number of aliphatic carboxylic acids is 1. The third kappa shape index (κ3) is 4.34. The van der Waals surface area contributed by atoms with Crippen molar-refractivity contribution in [2.75, 3.05) is 6.54 Å². The van der Waals surface area contributed by atoms with Crippen LogP contribution < -0.4 is 0 Å². The van der Waals surface area contributed by atoms with Gasteiger partial charge in [0.1, 0.15) is 16.9 Å². The Morgan fingerprint density at radius 3 is 2.45 bits per heavy atom. The van der Waals surface area contributed by atoms with E-state index in [1.54, 1.807) is 32.9 Å². The average molecular weight is 399 g/mol. The number of likely N-dealkylation sites (tertiary alicyclic amines) is 1. The van der Waals surface area contributed by atoms with Crippen molar-refractivity contribution >= 4 is 18.3 Å². The molecular weight excluding hydrogens is 374 g/mol. The second kappa shape index (κ2) is 7.73. The maximum atomic E-state index is 12.6. The van der Waals surface area contributed by atoms with Crippen molar-refractivity contribution < 1.29 is 28.6 Å². The van der Waals surface area contributed by atoms with Crippen molar-refractivity contribution in [3.63, 3.8) is 0 Å². The Kier molecular flexibility index (Phi) is 5.50. The number of carbonyl (C=O) groups is 3. The summed E-state index contributed by atoms with van der Waals surface area (Å²) < 4.78 is 10.9. The van der Waals surface area contributed by atoms with Crippen molar-refractivity contribution in [3.8, 4) is 11.3 Å². The second-order valence-electron chi connectivity index (χ2n) is 8.27. The topological polar surface area (TPSA) is 97.0 Å². The summed E-state index contributed by atoms with van der Waals surface area (Å²) in [5.74, 6) is -0.234. The molecular formula is C22H25NO6. The zero-order valence-corrected chi connectivity index (χ0v) is 16.8. The third-order valence-electron chi connectivity index (χ3n) is 4.98. The average Bonchev–Trinajstić information content (AvgIpc) is 3.28. The maximum absolute atomic E-state index is 12.6. The van der Waals surface area contributed by atoms with Crippen LogP contribution in [0, 0.1) is 0 Å². The molecule has 0 aliphatic carbocycles. The third-order valence-corrected chi connectivity index (χ3v) is 4.98. The SMILES string of the molecule is CC(C)(C)OC(=O)N1CCCC1(Cc1ccc(-c2ccc(C=O)o2)cc1)C(=O)O. The predicted octanol–water partition coefficient (Wildman–Crippen LogP) is 4.16. The molecule has 1 atom stereocenters. The van der Waals surface area contributed by atoms with Crippen LogP contribution in [0.2, 0.25) is 0 Å². The first-order valence-electron chi connectivity index (χ1n) is 9.53. The van der Waals surface area contributed by atoms with Crippen molar-refractivity contribution in [2.24, 2.45) is 0 Å². The number of amides is 1. The highest BCUT2D eigenvalue weighted by molar-refractivity contribution is 5.85. The van der Waals surface area contributed by atoms with Crippen LogP contribution in [0.25, 0.3) is 11.3 Å². The molecule has 2 aromatic rings. The van der Waals surface area contributed by atoms with E-state index in [1.807, 2.05) is 24.3 Å². The lowest BCUT2D eigenvalue weighted by Crippen LogP contribution is -2.55.